The van der Waals surface area contributed by atoms with Crippen LogP contribution in [0, 0.1) is 11.6 Å². The predicted octanol–water partition coefficient (Wildman–Crippen LogP) is 4.51. The van der Waals surface area contributed by atoms with E-state index in [0.717, 1.165) is 24.3 Å². The van der Waals surface area contributed by atoms with Crippen LogP contribution in [0.25, 0.3) is 0 Å². The summed E-state index contributed by atoms with van der Waals surface area (Å²) in [7, 11) is 0. The number of nitrogens with one attached hydrogen (secondary N) is 1. The number of benzene rings is 2. The molecule has 2 aromatic rings. The molecule has 2 aromatic carbocycles. The maximum absolute atomic E-state index is 13.6. The van der Waals surface area contributed by atoms with Gasteiger partial charge in [-0.2, -0.15) is 13.2 Å². The summed E-state index contributed by atoms with van der Waals surface area (Å²) < 4.78 is 64.8. The lowest BCUT2D eigenvalue weighted by Crippen LogP contribution is -2.40. The molecule has 0 bridgehead atoms. The minimum atomic E-state index is -4.44. The number of amides is 2. The average Bonchev–Trinajstić information content (AvgIpc) is 2.76. The van der Waals surface area contributed by atoms with E-state index in [-0.39, 0.29) is 25.4 Å². The van der Waals surface area contributed by atoms with Gasteiger partial charge in [0.05, 0.1) is 17.0 Å². The first kappa shape index (κ1) is 24.1. The fourth-order valence-electron chi connectivity index (χ4n) is 3.18. The topological polar surface area (TPSA) is 71.0 Å². The third-order valence-corrected chi connectivity index (χ3v) is 4.89. The van der Waals surface area contributed by atoms with Gasteiger partial charge in [-0.25, -0.2) is 8.78 Å². The van der Waals surface area contributed by atoms with Crippen molar-refractivity contribution in [2.75, 3.05) is 18.4 Å². The number of hydrogen-bond donors (Lipinski definition) is 1. The smallest absolute Gasteiger partial charge is 0.391 e. The van der Waals surface area contributed by atoms with Crippen LogP contribution >= 0.6 is 0 Å². The Morgan fingerprint density at radius 1 is 1.06 bits per heavy atom. The second kappa shape index (κ2) is 10.4. The standard InChI is InChI=1S/C22H20F5N3O3/c23-16-4-5-19(18(24)11-16)28-20(31)12-21(32)30-8-6-17(7-9-30)29-33-13-14-2-1-3-15(10-14)22(25,26)27/h1-5,10-11H,6-9,12-13H2,(H,28,31). The molecule has 3 rings (SSSR count). The van der Waals surface area contributed by atoms with Gasteiger partial charge in [0.2, 0.25) is 11.8 Å². The molecule has 2 amide bonds. The number of alkyl halides is 3. The molecule has 1 aliphatic heterocycles. The third-order valence-electron chi connectivity index (χ3n) is 4.89. The van der Waals surface area contributed by atoms with Crippen molar-refractivity contribution in [1.82, 2.24) is 4.90 Å². The van der Waals surface area contributed by atoms with Crippen LogP contribution in [0.5, 0.6) is 0 Å². The second-order valence-corrected chi connectivity index (χ2v) is 7.36. The zero-order valence-corrected chi connectivity index (χ0v) is 17.3. The summed E-state index contributed by atoms with van der Waals surface area (Å²) in [5.41, 5.74) is -0.0243. The van der Waals surface area contributed by atoms with Crippen molar-refractivity contribution >= 4 is 23.2 Å². The monoisotopic (exact) mass is 469 g/mol. The molecule has 0 unspecified atom stereocenters. The minimum absolute atomic E-state index is 0.129. The van der Waals surface area contributed by atoms with Gasteiger partial charge >= 0.3 is 6.18 Å². The Morgan fingerprint density at radius 2 is 1.79 bits per heavy atom. The van der Waals surface area contributed by atoms with E-state index in [4.69, 9.17) is 4.84 Å². The zero-order chi connectivity index (χ0) is 24.0. The predicted molar refractivity (Wildman–Crippen MR) is 109 cm³/mol. The van der Waals surface area contributed by atoms with Crippen molar-refractivity contribution in [3.05, 3.63) is 65.2 Å². The first-order chi connectivity index (χ1) is 15.6. The summed E-state index contributed by atoms with van der Waals surface area (Å²) in [6.45, 7) is 0.432. The number of carbonyl (C=O) groups excluding carboxylic acids is 2. The Bertz CT molecular complexity index is 1050. The van der Waals surface area contributed by atoms with Gasteiger partial charge in [0.25, 0.3) is 0 Å². The van der Waals surface area contributed by atoms with E-state index < -0.39 is 41.6 Å². The molecule has 0 radical (unpaired) electrons. The lowest BCUT2D eigenvalue weighted by molar-refractivity contribution is -0.138. The van der Waals surface area contributed by atoms with E-state index in [1.807, 2.05) is 0 Å². The summed E-state index contributed by atoms with van der Waals surface area (Å²) in [4.78, 5) is 30.9. The van der Waals surface area contributed by atoms with E-state index in [1.165, 1.54) is 17.0 Å². The molecule has 33 heavy (non-hydrogen) atoms. The van der Waals surface area contributed by atoms with Crippen molar-refractivity contribution in [1.29, 1.82) is 0 Å². The fraction of sp³-hybridized carbons (Fsp3) is 0.318. The molecule has 11 heteroatoms. The van der Waals surface area contributed by atoms with Crippen LogP contribution in [0.1, 0.15) is 30.4 Å². The Hall–Kier alpha value is -3.50. The van der Waals surface area contributed by atoms with Crippen LogP contribution in [0.3, 0.4) is 0 Å². The number of anilines is 1. The van der Waals surface area contributed by atoms with E-state index in [1.54, 1.807) is 0 Å². The number of carbonyl (C=O) groups is 2. The molecule has 0 spiro atoms. The number of rotatable bonds is 6. The number of piperidine rings is 1. The van der Waals surface area contributed by atoms with Crippen LogP contribution in [0.15, 0.2) is 47.6 Å². The van der Waals surface area contributed by atoms with Crippen LogP contribution in [0.2, 0.25) is 0 Å². The number of nitrogens with zero attached hydrogens (tertiary/aromatic N) is 2. The Labute approximate surface area is 186 Å². The van der Waals surface area contributed by atoms with Gasteiger partial charge in [0.15, 0.2) is 0 Å². The highest BCUT2D eigenvalue weighted by Crippen LogP contribution is 2.29. The first-order valence-electron chi connectivity index (χ1n) is 9.98. The normalized spacial score (nSPS) is 14.1. The molecule has 0 atom stereocenters. The molecule has 1 aliphatic rings. The van der Waals surface area contributed by atoms with Gasteiger partial charge in [0.1, 0.15) is 24.7 Å². The number of likely N-dealkylation sites (tertiary alicyclic amines) is 1. The molecule has 176 valence electrons. The maximum atomic E-state index is 13.6. The summed E-state index contributed by atoms with van der Waals surface area (Å²) in [5.74, 6) is -2.92. The van der Waals surface area contributed by atoms with Gasteiger partial charge in [-0.05, 0) is 29.8 Å². The minimum Gasteiger partial charge on any atom is -0.391 e. The first-order valence-corrected chi connectivity index (χ1v) is 9.98. The molecule has 1 fully saturated rings. The van der Waals surface area contributed by atoms with Crippen LogP contribution in [-0.4, -0.2) is 35.5 Å². The second-order valence-electron chi connectivity index (χ2n) is 7.36. The number of oxime groups is 1. The highest BCUT2D eigenvalue weighted by atomic mass is 19.4. The zero-order valence-electron chi connectivity index (χ0n) is 17.3. The van der Waals surface area contributed by atoms with E-state index in [0.29, 0.717) is 30.2 Å². The SMILES string of the molecule is O=C(CC(=O)N1CCC(=NOCc2cccc(C(F)(F)F)c2)CC1)Nc1ccc(F)cc1F. The number of halogens is 5. The van der Waals surface area contributed by atoms with Crippen LogP contribution < -0.4 is 5.32 Å². The van der Waals surface area contributed by atoms with E-state index in [2.05, 4.69) is 10.5 Å². The van der Waals surface area contributed by atoms with E-state index in [9.17, 15) is 31.5 Å². The van der Waals surface area contributed by atoms with Crippen LogP contribution in [-0.2, 0) is 27.2 Å². The summed E-state index contributed by atoms with van der Waals surface area (Å²) in [6, 6.07) is 7.43. The molecule has 0 saturated carbocycles. The van der Waals surface area contributed by atoms with Gasteiger partial charge < -0.3 is 15.1 Å². The highest BCUT2D eigenvalue weighted by Gasteiger charge is 2.30. The average molecular weight is 469 g/mol. The summed E-state index contributed by atoms with van der Waals surface area (Å²) >= 11 is 0. The van der Waals surface area contributed by atoms with E-state index >= 15 is 0 Å². The highest BCUT2D eigenvalue weighted by molar-refractivity contribution is 6.04. The molecule has 1 heterocycles. The fourth-order valence-corrected chi connectivity index (χ4v) is 3.18. The number of hydrogen-bond acceptors (Lipinski definition) is 4. The maximum Gasteiger partial charge on any atom is 0.416 e. The Balaban J connectivity index is 1.44. The quantitative estimate of drug-likeness (QED) is 0.385. The molecule has 0 aliphatic carbocycles. The van der Waals surface area contributed by atoms with Crippen molar-refractivity contribution in [3.63, 3.8) is 0 Å². The van der Waals surface area contributed by atoms with Gasteiger partial charge in [-0.15, -0.1) is 0 Å². The van der Waals surface area contributed by atoms with Crippen molar-refractivity contribution in [2.24, 2.45) is 5.16 Å². The van der Waals surface area contributed by atoms with Crippen molar-refractivity contribution < 1.29 is 36.4 Å². The Kier molecular flexibility index (Phi) is 7.62. The molecule has 6 nitrogen and oxygen atoms in total. The Morgan fingerprint density at radius 3 is 2.45 bits per heavy atom. The van der Waals surface area contributed by atoms with Gasteiger partial charge in [-0.3, -0.25) is 9.59 Å². The lowest BCUT2D eigenvalue weighted by Gasteiger charge is -2.27. The van der Waals surface area contributed by atoms with Gasteiger partial charge in [0, 0.05) is 32.0 Å². The molecule has 1 saturated heterocycles. The van der Waals surface area contributed by atoms with Gasteiger partial charge in [-0.1, -0.05) is 17.3 Å². The van der Waals surface area contributed by atoms with Crippen molar-refractivity contribution in [2.45, 2.75) is 32.0 Å². The third kappa shape index (κ3) is 6.99. The largest absolute Gasteiger partial charge is 0.416 e. The van der Waals surface area contributed by atoms with Crippen molar-refractivity contribution in [3.8, 4) is 0 Å². The molecular formula is C22H20F5N3O3. The lowest BCUT2D eigenvalue weighted by atomic mass is 10.1. The summed E-state index contributed by atoms with van der Waals surface area (Å²) in [6.07, 6.45) is -4.19. The molecule has 1 N–H and O–H groups in total. The van der Waals surface area contributed by atoms with Crippen LogP contribution in [0.4, 0.5) is 27.6 Å². The molecule has 0 aromatic heterocycles. The summed E-state index contributed by atoms with van der Waals surface area (Å²) in [5, 5.41) is 6.17. The molecular weight excluding hydrogens is 449 g/mol.